The maximum absolute atomic E-state index is 11.2. The lowest BCUT2D eigenvalue weighted by Gasteiger charge is -2.05. The van der Waals surface area contributed by atoms with Crippen molar-refractivity contribution in [3.8, 4) is 0 Å². The largest absolute Gasteiger partial charge is 0.398 e. The molecular formula is C11H18N2O. The molecule has 1 aromatic carbocycles. The first-order valence-corrected chi connectivity index (χ1v) is 4.74. The minimum absolute atomic E-state index is 0.142. The Labute approximate surface area is 85.3 Å². The van der Waals surface area contributed by atoms with Gasteiger partial charge in [-0.3, -0.25) is 4.79 Å². The number of amides is 1. The van der Waals surface area contributed by atoms with Crippen molar-refractivity contribution in [3.05, 3.63) is 29.3 Å². The van der Waals surface area contributed by atoms with Crippen molar-refractivity contribution in [2.45, 2.75) is 20.8 Å². The molecule has 0 fully saturated rings. The summed E-state index contributed by atoms with van der Waals surface area (Å²) in [6.07, 6.45) is 0. The number of para-hydroxylation sites is 1. The highest BCUT2D eigenvalue weighted by Crippen LogP contribution is 2.15. The minimum Gasteiger partial charge on any atom is -0.398 e. The van der Waals surface area contributed by atoms with Crippen LogP contribution in [0, 0.1) is 6.92 Å². The smallest absolute Gasteiger partial charge is 0.253 e. The van der Waals surface area contributed by atoms with Gasteiger partial charge >= 0.3 is 0 Å². The Hall–Kier alpha value is -1.51. The minimum atomic E-state index is -0.142. The summed E-state index contributed by atoms with van der Waals surface area (Å²) in [4.78, 5) is 11.2. The van der Waals surface area contributed by atoms with E-state index in [-0.39, 0.29) is 5.91 Å². The molecule has 0 heterocycles. The summed E-state index contributed by atoms with van der Waals surface area (Å²) in [5, 5.41) is 2.53. The fourth-order valence-electron chi connectivity index (χ4n) is 1.01. The fourth-order valence-corrected chi connectivity index (χ4v) is 1.01. The molecule has 0 aliphatic rings. The van der Waals surface area contributed by atoms with Gasteiger partial charge in [0.1, 0.15) is 0 Å². The first-order valence-electron chi connectivity index (χ1n) is 4.74. The normalized spacial score (nSPS) is 8.57. The summed E-state index contributed by atoms with van der Waals surface area (Å²) in [5.41, 5.74) is 7.72. The van der Waals surface area contributed by atoms with Crippen LogP contribution in [0.1, 0.15) is 29.8 Å². The molecule has 1 rings (SSSR count). The highest BCUT2D eigenvalue weighted by Gasteiger charge is 2.07. The molecule has 0 aliphatic carbocycles. The van der Waals surface area contributed by atoms with Crippen LogP contribution in [0.4, 0.5) is 5.69 Å². The third-order valence-electron chi connectivity index (χ3n) is 1.80. The molecule has 0 unspecified atom stereocenters. The van der Waals surface area contributed by atoms with Crippen LogP contribution in [0.3, 0.4) is 0 Å². The number of anilines is 1. The first kappa shape index (κ1) is 12.5. The standard InChI is InChI=1S/C9H12N2O.C2H6/c1-6-4-3-5-7(8(6)10)9(12)11-2;1-2/h3-5H,10H2,1-2H3,(H,11,12);1-2H3. The average Bonchev–Trinajstić information content (AvgIpc) is 2.24. The van der Waals surface area contributed by atoms with E-state index >= 15 is 0 Å². The summed E-state index contributed by atoms with van der Waals surface area (Å²) in [5.74, 6) is -0.142. The van der Waals surface area contributed by atoms with Gasteiger partial charge in [0.15, 0.2) is 0 Å². The van der Waals surface area contributed by atoms with Crippen molar-refractivity contribution in [1.82, 2.24) is 5.32 Å². The third-order valence-corrected chi connectivity index (χ3v) is 1.80. The number of benzene rings is 1. The third kappa shape index (κ3) is 2.76. The van der Waals surface area contributed by atoms with Crippen LogP contribution in [0.2, 0.25) is 0 Å². The van der Waals surface area contributed by atoms with Crippen molar-refractivity contribution in [2.24, 2.45) is 0 Å². The Balaban J connectivity index is 0.000000791. The predicted octanol–water partition coefficient (Wildman–Crippen LogP) is 1.96. The van der Waals surface area contributed by atoms with Crippen LogP contribution in [0.5, 0.6) is 0 Å². The highest BCUT2D eigenvalue weighted by atomic mass is 16.1. The van der Waals surface area contributed by atoms with Crippen molar-refractivity contribution in [1.29, 1.82) is 0 Å². The molecule has 3 nitrogen and oxygen atoms in total. The monoisotopic (exact) mass is 194 g/mol. The van der Waals surface area contributed by atoms with Crippen LogP contribution in [0.25, 0.3) is 0 Å². The average molecular weight is 194 g/mol. The van der Waals surface area contributed by atoms with Gasteiger partial charge in [0.2, 0.25) is 0 Å². The number of nitrogen functional groups attached to an aromatic ring is 1. The van der Waals surface area contributed by atoms with Crippen molar-refractivity contribution < 1.29 is 4.79 Å². The molecule has 1 amide bonds. The van der Waals surface area contributed by atoms with Gasteiger partial charge in [-0.1, -0.05) is 26.0 Å². The van der Waals surface area contributed by atoms with E-state index in [2.05, 4.69) is 5.32 Å². The van der Waals surface area contributed by atoms with Gasteiger partial charge in [-0.2, -0.15) is 0 Å². The molecule has 0 bridgehead atoms. The number of nitrogens with two attached hydrogens (primary N) is 1. The molecular weight excluding hydrogens is 176 g/mol. The van der Waals surface area contributed by atoms with Crippen molar-refractivity contribution in [2.75, 3.05) is 12.8 Å². The van der Waals surface area contributed by atoms with Crippen molar-refractivity contribution in [3.63, 3.8) is 0 Å². The topological polar surface area (TPSA) is 55.1 Å². The molecule has 0 spiro atoms. The number of hydrogen-bond donors (Lipinski definition) is 2. The second kappa shape index (κ2) is 6.02. The van der Waals surface area contributed by atoms with Gasteiger partial charge in [-0.15, -0.1) is 0 Å². The quantitative estimate of drug-likeness (QED) is 0.671. The van der Waals surface area contributed by atoms with Crippen LogP contribution >= 0.6 is 0 Å². The van der Waals surface area contributed by atoms with Crippen LogP contribution in [-0.2, 0) is 0 Å². The second-order valence-corrected chi connectivity index (χ2v) is 2.62. The number of aryl methyl sites for hydroxylation is 1. The number of nitrogens with one attached hydrogen (secondary N) is 1. The maximum Gasteiger partial charge on any atom is 0.253 e. The number of carbonyl (C=O) groups excluding carboxylic acids is 1. The van der Waals surface area contributed by atoms with E-state index < -0.39 is 0 Å². The van der Waals surface area contributed by atoms with Gasteiger partial charge in [0.05, 0.1) is 5.56 Å². The zero-order chi connectivity index (χ0) is 11.1. The Morgan fingerprint density at radius 2 is 1.93 bits per heavy atom. The van der Waals surface area contributed by atoms with E-state index in [0.717, 1.165) is 5.56 Å². The molecule has 0 saturated heterocycles. The Kier molecular flexibility index (Phi) is 5.37. The number of carbonyl (C=O) groups is 1. The van der Waals surface area contributed by atoms with E-state index in [9.17, 15) is 4.79 Å². The van der Waals surface area contributed by atoms with Crippen molar-refractivity contribution >= 4 is 11.6 Å². The highest BCUT2D eigenvalue weighted by molar-refractivity contribution is 5.99. The molecule has 3 N–H and O–H groups in total. The summed E-state index contributed by atoms with van der Waals surface area (Å²) < 4.78 is 0. The van der Waals surface area contributed by atoms with Gasteiger partial charge in [0.25, 0.3) is 5.91 Å². The molecule has 78 valence electrons. The van der Waals surface area contributed by atoms with E-state index in [0.29, 0.717) is 11.3 Å². The van der Waals surface area contributed by atoms with Gasteiger partial charge < -0.3 is 11.1 Å². The second-order valence-electron chi connectivity index (χ2n) is 2.62. The zero-order valence-electron chi connectivity index (χ0n) is 9.22. The summed E-state index contributed by atoms with van der Waals surface area (Å²) in [7, 11) is 1.59. The Bertz CT molecular complexity index is 308. The molecule has 0 radical (unpaired) electrons. The lowest BCUT2D eigenvalue weighted by Crippen LogP contribution is -2.19. The fraction of sp³-hybridized carbons (Fsp3) is 0.364. The maximum atomic E-state index is 11.2. The molecule has 14 heavy (non-hydrogen) atoms. The van der Waals surface area contributed by atoms with E-state index in [1.54, 1.807) is 13.1 Å². The Morgan fingerprint density at radius 3 is 2.43 bits per heavy atom. The van der Waals surface area contributed by atoms with Gasteiger partial charge in [0, 0.05) is 12.7 Å². The SMILES string of the molecule is CC.CNC(=O)c1cccc(C)c1N. The zero-order valence-corrected chi connectivity index (χ0v) is 9.22. The van der Waals surface area contributed by atoms with Crippen LogP contribution < -0.4 is 11.1 Å². The summed E-state index contributed by atoms with van der Waals surface area (Å²) >= 11 is 0. The molecule has 1 aromatic rings. The number of hydrogen-bond acceptors (Lipinski definition) is 2. The Morgan fingerprint density at radius 1 is 1.36 bits per heavy atom. The summed E-state index contributed by atoms with van der Waals surface area (Å²) in [6.45, 7) is 5.88. The molecule has 0 aliphatic heterocycles. The predicted molar refractivity (Wildman–Crippen MR) is 60.3 cm³/mol. The van der Waals surface area contributed by atoms with Gasteiger partial charge in [-0.25, -0.2) is 0 Å². The lowest BCUT2D eigenvalue weighted by atomic mass is 10.1. The van der Waals surface area contributed by atoms with E-state index in [1.165, 1.54) is 0 Å². The first-order chi connectivity index (χ1) is 6.66. The molecule has 0 aromatic heterocycles. The molecule has 3 heteroatoms. The van der Waals surface area contributed by atoms with Crippen LogP contribution in [0.15, 0.2) is 18.2 Å². The lowest BCUT2D eigenvalue weighted by molar-refractivity contribution is 0.0964. The number of rotatable bonds is 1. The van der Waals surface area contributed by atoms with Crippen LogP contribution in [-0.4, -0.2) is 13.0 Å². The summed E-state index contributed by atoms with van der Waals surface area (Å²) in [6, 6.07) is 5.40. The molecule has 0 saturated carbocycles. The van der Waals surface area contributed by atoms with E-state index in [1.807, 2.05) is 32.9 Å². The van der Waals surface area contributed by atoms with E-state index in [4.69, 9.17) is 5.73 Å². The molecule has 0 atom stereocenters. The van der Waals surface area contributed by atoms with Gasteiger partial charge in [-0.05, 0) is 18.6 Å².